The van der Waals surface area contributed by atoms with Gasteiger partial charge in [0, 0.05) is 18.5 Å². The summed E-state index contributed by atoms with van der Waals surface area (Å²) in [6, 6.07) is 21.1. The molecule has 0 aliphatic carbocycles. The number of halogens is 1. The molecule has 0 atom stereocenters. The zero-order valence-electron chi connectivity index (χ0n) is 21.4. The summed E-state index contributed by atoms with van der Waals surface area (Å²) in [5.41, 5.74) is 2.63. The third kappa shape index (κ3) is 9.37. The lowest BCUT2D eigenvalue weighted by Crippen LogP contribution is -2.38. The average Bonchev–Trinajstić information content (AvgIpc) is 2.89. The highest BCUT2D eigenvalue weighted by molar-refractivity contribution is 9.10. The van der Waals surface area contributed by atoms with Gasteiger partial charge in [0.1, 0.15) is 5.75 Å². The third-order valence-electron chi connectivity index (χ3n) is 5.55. The minimum Gasteiger partial charge on any atom is -0.493 e. The van der Waals surface area contributed by atoms with E-state index in [0.29, 0.717) is 53.0 Å². The van der Waals surface area contributed by atoms with Gasteiger partial charge >= 0.3 is 0 Å². The quantitative estimate of drug-likeness (QED) is 0.243. The van der Waals surface area contributed by atoms with Crippen LogP contribution < -0.4 is 24.8 Å². The molecule has 0 saturated heterocycles. The van der Waals surface area contributed by atoms with Gasteiger partial charge < -0.3 is 19.5 Å². The molecule has 196 valence electrons. The molecule has 0 bridgehead atoms. The predicted octanol–water partition coefficient (Wildman–Crippen LogP) is 6.31. The van der Waals surface area contributed by atoms with Crippen molar-refractivity contribution >= 4 is 39.2 Å². The normalized spacial score (nSPS) is 10.6. The molecule has 0 aromatic heterocycles. The van der Waals surface area contributed by atoms with Crippen LogP contribution in [0, 0.1) is 5.92 Å². The van der Waals surface area contributed by atoms with Crippen molar-refractivity contribution in [1.82, 2.24) is 10.6 Å². The van der Waals surface area contributed by atoms with Crippen LogP contribution in [0.25, 0.3) is 0 Å². The van der Waals surface area contributed by atoms with Crippen molar-refractivity contribution in [3.63, 3.8) is 0 Å². The molecule has 0 saturated carbocycles. The van der Waals surface area contributed by atoms with Crippen LogP contribution in [0.1, 0.15) is 41.8 Å². The lowest BCUT2D eigenvalue weighted by molar-refractivity contribution is 0.0976. The Kier molecular flexibility index (Phi) is 11.2. The molecule has 8 heteroatoms. The molecule has 0 aliphatic heterocycles. The zero-order chi connectivity index (χ0) is 26.6. The van der Waals surface area contributed by atoms with Gasteiger partial charge in [0.25, 0.3) is 5.91 Å². The van der Waals surface area contributed by atoms with Gasteiger partial charge in [0.05, 0.1) is 24.8 Å². The zero-order valence-corrected chi connectivity index (χ0v) is 23.8. The van der Waals surface area contributed by atoms with E-state index < -0.39 is 0 Å². The third-order valence-corrected chi connectivity index (χ3v) is 6.41. The van der Waals surface area contributed by atoms with E-state index in [4.69, 9.17) is 26.4 Å². The largest absolute Gasteiger partial charge is 0.493 e. The number of amides is 1. The molecule has 6 nitrogen and oxygen atoms in total. The van der Waals surface area contributed by atoms with Gasteiger partial charge in [0.2, 0.25) is 0 Å². The number of thiocarbonyl (C=S) groups is 1. The number of carbonyl (C=O) groups excluding carboxylic acids is 1. The van der Waals surface area contributed by atoms with E-state index in [9.17, 15) is 4.79 Å². The number of hydrogen-bond acceptors (Lipinski definition) is 5. The topological polar surface area (TPSA) is 68.8 Å². The van der Waals surface area contributed by atoms with Crippen LogP contribution in [0.5, 0.6) is 17.2 Å². The van der Waals surface area contributed by atoms with Crippen LogP contribution in [-0.2, 0) is 13.0 Å². The number of rotatable bonds is 12. The van der Waals surface area contributed by atoms with Crippen LogP contribution in [0.4, 0.5) is 0 Å². The van der Waals surface area contributed by atoms with Crippen molar-refractivity contribution < 1.29 is 19.0 Å². The number of carbonyl (C=O) groups is 1. The molecule has 3 rings (SSSR count). The van der Waals surface area contributed by atoms with Crippen molar-refractivity contribution in [2.75, 3.05) is 20.3 Å². The fourth-order valence-electron chi connectivity index (χ4n) is 3.43. The molecule has 3 aromatic rings. The van der Waals surface area contributed by atoms with Gasteiger partial charge in [-0.3, -0.25) is 10.1 Å². The Bertz CT molecular complexity index is 1190. The molecular formula is C29H33BrN2O4S. The second kappa shape index (κ2) is 14.6. The lowest BCUT2D eigenvalue weighted by atomic mass is 10.1. The molecule has 0 fully saturated rings. The van der Waals surface area contributed by atoms with Crippen LogP contribution in [-0.4, -0.2) is 31.3 Å². The van der Waals surface area contributed by atoms with E-state index in [1.165, 1.54) is 5.56 Å². The van der Waals surface area contributed by atoms with Crippen LogP contribution in [0.3, 0.4) is 0 Å². The fourth-order valence-corrected chi connectivity index (χ4v) is 4.09. The Morgan fingerprint density at radius 2 is 1.65 bits per heavy atom. The van der Waals surface area contributed by atoms with Gasteiger partial charge in [-0.05, 0) is 81.9 Å². The van der Waals surface area contributed by atoms with Gasteiger partial charge in [-0.25, -0.2) is 0 Å². The highest BCUT2D eigenvalue weighted by Gasteiger charge is 2.12. The van der Waals surface area contributed by atoms with Gasteiger partial charge in [-0.15, -0.1) is 0 Å². The molecule has 0 unspecified atom stereocenters. The summed E-state index contributed by atoms with van der Waals surface area (Å²) < 4.78 is 17.9. The number of nitrogens with one attached hydrogen (secondary N) is 2. The Morgan fingerprint density at radius 1 is 0.919 bits per heavy atom. The Labute approximate surface area is 232 Å². The summed E-state index contributed by atoms with van der Waals surface area (Å²) in [5.74, 6) is 2.32. The van der Waals surface area contributed by atoms with Crippen LogP contribution in [0.2, 0.25) is 0 Å². The average molecular weight is 586 g/mol. The molecule has 0 spiro atoms. The standard InChI is InChI=1S/C29H33BrN2O4S/c1-20(2)13-15-36-26-11-9-22(17-27(26)34-3)19-31-29(37)32-28(33)23-10-12-25(24(30)18-23)35-16-14-21-7-5-4-6-8-21/h4-12,17-18,20H,13-16,19H2,1-3H3,(H2,31,32,33,37). The second-order valence-electron chi connectivity index (χ2n) is 8.88. The van der Waals surface area contributed by atoms with Crippen molar-refractivity contribution in [1.29, 1.82) is 0 Å². The summed E-state index contributed by atoms with van der Waals surface area (Å²) in [5, 5.41) is 6.02. The highest BCUT2D eigenvalue weighted by atomic mass is 79.9. The molecule has 1 amide bonds. The summed E-state index contributed by atoms with van der Waals surface area (Å²) in [4.78, 5) is 12.7. The first-order valence-electron chi connectivity index (χ1n) is 12.2. The summed E-state index contributed by atoms with van der Waals surface area (Å²) in [6.07, 6.45) is 1.77. The molecule has 0 aliphatic rings. The van der Waals surface area contributed by atoms with Crippen molar-refractivity contribution in [2.24, 2.45) is 5.92 Å². The van der Waals surface area contributed by atoms with Crippen LogP contribution in [0.15, 0.2) is 71.2 Å². The van der Waals surface area contributed by atoms with Gasteiger partial charge in [0.15, 0.2) is 16.6 Å². The summed E-state index contributed by atoms with van der Waals surface area (Å²) in [7, 11) is 1.62. The molecule has 2 N–H and O–H groups in total. The number of ether oxygens (including phenoxy) is 3. The van der Waals surface area contributed by atoms with E-state index in [-0.39, 0.29) is 11.0 Å². The minimum absolute atomic E-state index is 0.237. The first-order chi connectivity index (χ1) is 17.9. The molecule has 3 aromatic carbocycles. The Morgan fingerprint density at radius 3 is 2.35 bits per heavy atom. The fraction of sp³-hybridized carbons (Fsp3) is 0.310. The van der Waals surface area contributed by atoms with E-state index in [0.717, 1.165) is 18.4 Å². The maximum Gasteiger partial charge on any atom is 0.257 e. The minimum atomic E-state index is -0.305. The van der Waals surface area contributed by atoms with Crippen molar-refractivity contribution in [2.45, 2.75) is 33.2 Å². The number of hydrogen-bond donors (Lipinski definition) is 2. The maximum absolute atomic E-state index is 12.7. The Balaban J connectivity index is 1.47. The first kappa shape index (κ1) is 28.5. The summed E-state index contributed by atoms with van der Waals surface area (Å²) >= 11 is 8.82. The number of methoxy groups -OCH3 is 1. The lowest BCUT2D eigenvalue weighted by Gasteiger charge is -2.14. The predicted molar refractivity (Wildman–Crippen MR) is 155 cm³/mol. The highest BCUT2D eigenvalue weighted by Crippen LogP contribution is 2.29. The van der Waals surface area contributed by atoms with Gasteiger partial charge in [-0.2, -0.15) is 0 Å². The van der Waals surface area contributed by atoms with E-state index >= 15 is 0 Å². The Hall–Kier alpha value is -3.10. The maximum atomic E-state index is 12.7. The monoisotopic (exact) mass is 584 g/mol. The van der Waals surface area contributed by atoms with Crippen LogP contribution >= 0.6 is 28.1 Å². The van der Waals surface area contributed by atoms with E-state index in [2.05, 4.69) is 52.5 Å². The van der Waals surface area contributed by atoms with Gasteiger partial charge in [-0.1, -0.05) is 50.2 Å². The van der Waals surface area contributed by atoms with E-state index in [1.54, 1.807) is 25.3 Å². The van der Waals surface area contributed by atoms with Crippen molar-refractivity contribution in [3.05, 3.63) is 87.9 Å². The second-order valence-corrected chi connectivity index (χ2v) is 10.1. The molecular weight excluding hydrogens is 552 g/mol. The smallest absolute Gasteiger partial charge is 0.257 e. The first-order valence-corrected chi connectivity index (χ1v) is 13.4. The summed E-state index contributed by atoms with van der Waals surface area (Å²) in [6.45, 7) is 5.93. The van der Waals surface area contributed by atoms with E-state index in [1.807, 2.05) is 36.4 Å². The number of benzene rings is 3. The molecule has 37 heavy (non-hydrogen) atoms. The molecule has 0 heterocycles. The SMILES string of the molecule is COc1cc(CNC(=S)NC(=O)c2ccc(OCCc3ccccc3)c(Br)c2)ccc1OCCC(C)C. The molecule has 0 radical (unpaired) electrons. The van der Waals surface area contributed by atoms with Crippen molar-refractivity contribution in [3.8, 4) is 17.2 Å².